The predicted molar refractivity (Wildman–Crippen MR) is 44.5 cm³/mol. The summed E-state index contributed by atoms with van der Waals surface area (Å²) in [6.07, 6.45) is 5.42. The third-order valence-electron chi connectivity index (χ3n) is 2.41. The van der Waals surface area contributed by atoms with Crippen LogP contribution in [-0.4, -0.2) is 30.6 Å². The molecule has 0 bridgehead atoms. The second-order valence-electron chi connectivity index (χ2n) is 3.29. The summed E-state index contributed by atoms with van der Waals surface area (Å²) >= 11 is 0. The normalized spacial score (nSPS) is 23.8. The molecule has 66 valence electrons. The molecule has 0 atom stereocenters. The number of carbonyl (C=O) groups excluding carboxylic acids is 1. The van der Waals surface area contributed by atoms with Gasteiger partial charge in [-0.2, -0.15) is 0 Å². The van der Waals surface area contributed by atoms with Crippen LogP contribution in [0.4, 0.5) is 0 Å². The molecule has 0 radical (unpaired) electrons. The summed E-state index contributed by atoms with van der Waals surface area (Å²) in [5.41, 5.74) is 1.07. The number of esters is 1. The fourth-order valence-electron chi connectivity index (χ4n) is 1.73. The molecule has 2 heterocycles. The van der Waals surface area contributed by atoms with Crippen molar-refractivity contribution in [1.29, 1.82) is 0 Å². The lowest BCUT2D eigenvalue weighted by atomic mass is 10.1. The number of likely N-dealkylation sites (tertiary alicyclic amines) is 1. The molecule has 1 saturated heterocycles. The first-order valence-corrected chi connectivity index (χ1v) is 4.48. The Bertz CT molecular complexity index is 217. The lowest BCUT2D eigenvalue weighted by Gasteiger charge is -2.28. The molecule has 0 aromatic carbocycles. The Balaban J connectivity index is 1.99. The van der Waals surface area contributed by atoms with Crippen LogP contribution in [0.1, 0.15) is 19.3 Å². The van der Waals surface area contributed by atoms with Gasteiger partial charge in [-0.05, 0) is 19.3 Å². The molecule has 3 heteroatoms. The summed E-state index contributed by atoms with van der Waals surface area (Å²) in [7, 11) is 0. The molecule has 2 aliphatic heterocycles. The van der Waals surface area contributed by atoms with Crippen molar-refractivity contribution in [2.75, 3.05) is 19.7 Å². The van der Waals surface area contributed by atoms with Gasteiger partial charge in [0.2, 0.25) is 0 Å². The molecule has 0 aromatic rings. The first-order chi connectivity index (χ1) is 5.86. The van der Waals surface area contributed by atoms with Crippen molar-refractivity contribution in [2.24, 2.45) is 0 Å². The minimum absolute atomic E-state index is 0.185. The molecule has 2 rings (SSSR count). The maximum atomic E-state index is 10.8. The smallest absolute Gasteiger partial charge is 0.333 e. The largest absolute Gasteiger partial charge is 0.456 e. The van der Waals surface area contributed by atoms with E-state index in [1.807, 2.05) is 0 Å². The van der Waals surface area contributed by atoms with Gasteiger partial charge in [-0.25, -0.2) is 4.79 Å². The fourth-order valence-corrected chi connectivity index (χ4v) is 1.73. The Morgan fingerprint density at radius 3 is 2.58 bits per heavy atom. The maximum Gasteiger partial charge on any atom is 0.333 e. The number of nitrogens with zero attached hydrogens (tertiary/aromatic N) is 1. The van der Waals surface area contributed by atoms with E-state index in [4.69, 9.17) is 4.74 Å². The molecular weight excluding hydrogens is 154 g/mol. The molecule has 0 aliphatic carbocycles. The lowest BCUT2D eigenvalue weighted by Crippen LogP contribution is -2.29. The van der Waals surface area contributed by atoms with Crippen molar-refractivity contribution in [3.8, 4) is 0 Å². The molecule has 0 N–H and O–H groups in total. The first-order valence-electron chi connectivity index (χ1n) is 4.48. The van der Waals surface area contributed by atoms with Gasteiger partial charge in [-0.3, -0.25) is 0 Å². The maximum absolute atomic E-state index is 10.8. The van der Waals surface area contributed by atoms with Gasteiger partial charge in [0.1, 0.15) is 6.61 Å². The van der Waals surface area contributed by atoms with E-state index in [1.165, 1.54) is 19.3 Å². The molecule has 3 nitrogen and oxygen atoms in total. The lowest BCUT2D eigenvalue weighted by molar-refractivity contribution is -0.135. The average Bonchev–Trinajstić information content (AvgIpc) is 2.54. The van der Waals surface area contributed by atoms with E-state index in [-0.39, 0.29) is 5.97 Å². The predicted octanol–water partition coefficient (Wildman–Crippen LogP) is 0.913. The van der Waals surface area contributed by atoms with Gasteiger partial charge < -0.3 is 9.64 Å². The van der Waals surface area contributed by atoms with E-state index in [1.54, 1.807) is 6.08 Å². The van der Waals surface area contributed by atoms with Crippen molar-refractivity contribution in [3.63, 3.8) is 0 Å². The van der Waals surface area contributed by atoms with Crippen molar-refractivity contribution in [1.82, 2.24) is 4.90 Å². The molecule has 0 aromatic heterocycles. The number of hydrogen-bond acceptors (Lipinski definition) is 3. The zero-order valence-corrected chi connectivity index (χ0v) is 7.08. The van der Waals surface area contributed by atoms with Crippen molar-refractivity contribution in [3.05, 3.63) is 11.8 Å². The molecule has 0 saturated carbocycles. The number of piperidine rings is 1. The number of cyclic esters (lactones) is 1. The number of carbonyl (C=O) groups is 1. The fraction of sp³-hybridized carbons (Fsp3) is 0.667. The monoisotopic (exact) mass is 167 g/mol. The molecular formula is C9H13NO2. The standard InChI is InChI=1S/C9H13NO2/c11-9-6-8(7-12-9)10-4-2-1-3-5-10/h6H,1-5,7H2. The summed E-state index contributed by atoms with van der Waals surface area (Å²) in [5, 5.41) is 0. The average molecular weight is 167 g/mol. The third kappa shape index (κ3) is 1.44. The van der Waals surface area contributed by atoms with Crippen molar-refractivity contribution < 1.29 is 9.53 Å². The highest BCUT2D eigenvalue weighted by Gasteiger charge is 2.20. The summed E-state index contributed by atoms with van der Waals surface area (Å²) < 4.78 is 4.85. The molecule has 0 spiro atoms. The minimum atomic E-state index is -0.185. The Morgan fingerprint density at radius 1 is 1.25 bits per heavy atom. The van der Waals surface area contributed by atoms with Crippen LogP contribution >= 0.6 is 0 Å². The van der Waals surface area contributed by atoms with E-state index >= 15 is 0 Å². The Labute approximate surface area is 72.0 Å². The molecule has 0 unspecified atom stereocenters. The summed E-state index contributed by atoms with van der Waals surface area (Å²) in [5.74, 6) is -0.185. The molecule has 0 amide bonds. The third-order valence-corrected chi connectivity index (χ3v) is 2.41. The highest BCUT2D eigenvalue weighted by atomic mass is 16.5. The Hall–Kier alpha value is -0.990. The molecule has 12 heavy (non-hydrogen) atoms. The first kappa shape index (κ1) is 7.65. The highest BCUT2D eigenvalue weighted by Crippen LogP contribution is 2.17. The van der Waals surface area contributed by atoms with Crippen LogP contribution in [0.25, 0.3) is 0 Å². The van der Waals surface area contributed by atoms with Crippen LogP contribution in [0.15, 0.2) is 11.8 Å². The van der Waals surface area contributed by atoms with Crippen LogP contribution in [-0.2, 0) is 9.53 Å². The molecule has 2 aliphatic rings. The van der Waals surface area contributed by atoms with Gasteiger partial charge >= 0.3 is 5.97 Å². The topological polar surface area (TPSA) is 29.5 Å². The van der Waals surface area contributed by atoms with Crippen molar-refractivity contribution >= 4 is 5.97 Å². The number of ether oxygens (including phenoxy) is 1. The molecule has 1 fully saturated rings. The van der Waals surface area contributed by atoms with Gasteiger partial charge in [0, 0.05) is 19.2 Å². The number of hydrogen-bond donors (Lipinski definition) is 0. The Kier molecular flexibility index (Phi) is 2.02. The minimum Gasteiger partial charge on any atom is -0.456 e. The second kappa shape index (κ2) is 3.17. The quantitative estimate of drug-likeness (QED) is 0.544. The van der Waals surface area contributed by atoms with Gasteiger partial charge in [0.15, 0.2) is 0 Å². The van der Waals surface area contributed by atoms with Gasteiger partial charge in [-0.1, -0.05) is 0 Å². The van der Waals surface area contributed by atoms with E-state index in [2.05, 4.69) is 4.90 Å². The summed E-state index contributed by atoms with van der Waals surface area (Å²) in [6, 6.07) is 0. The van der Waals surface area contributed by atoms with E-state index < -0.39 is 0 Å². The van der Waals surface area contributed by atoms with Crippen LogP contribution < -0.4 is 0 Å². The van der Waals surface area contributed by atoms with E-state index in [9.17, 15) is 4.79 Å². The van der Waals surface area contributed by atoms with Gasteiger partial charge in [0.25, 0.3) is 0 Å². The SMILES string of the molecule is O=C1C=C(N2CCCCC2)CO1. The van der Waals surface area contributed by atoms with Crippen LogP contribution in [0, 0.1) is 0 Å². The van der Waals surface area contributed by atoms with Crippen LogP contribution in [0.2, 0.25) is 0 Å². The zero-order chi connectivity index (χ0) is 8.39. The zero-order valence-electron chi connectivity index (χ0n) is 7.08. The van der Waals surface area contributed by atoms with Crippen molar-refractivity contribution in [2.45, 2.75) is 19.3 Å². The summed E-state index contributed by atoms with van der Waals surface area (Å²) in [6.45, 7) is 2.66. The van der Waals surface area contributed by atoms with Gasteiger partial charge in [-0.15, -0.1) is 0 Å². The second-order valence-corrected chi connectivity index (χ2v) is 3.29. The highest BCUT2D eigenvalue weighted by molar-refractivity contribution is 5.85. The van der Waals surface area contributed by atoms with Gasteiger partial charge in [0.05, 0.1) is 5.70 Å². The van der Waals surface area contributed by atoms with Crippen LogP contribution in [0.5, 0.6) is 0 Å². The number of rotatable bonds is 1. The Morgan fingerprint density at radius 2 is 2.00 bits per heavy atom. The van der Waals surface area contributed by atoms with Crippen LogP contribution in [0.3, 0.4) is 0 Å². The van der Waals surface area contributed by atoms with E-state index in [0.29, 0.717) is 6.61 Å². The summed E-state index contributed by atoms with van der Waals surface area (Å²) in [4.78, 5) is 13.0. The van der Waals surface area contributed by atoms with E-state index in [0.717, 1.165) is 18.8 Å².